The van der Waals surface area contributed by atoms with Crippen LogP contribution in [0.1, 0.15) is 11.1 Å². The van der Waals surface area contributed by atoms with E-state index in [2.05, 4.69) is 27.7 Å². The maximum absolute atomic E-state index is 13.5. The Balaban J connectivity index is 1.40. The van der Waals surface area contributed by atoms with Crippen molar-refractivity contribution >= 4 is 40.8 Å². The number of amides is 3. The molecule has 1 aliphatic heterocycles. The van der Waals surface area contributed by atoms with Gasteiger partial charge in [-0.05, 0) is 29.3 Å². The van der Waals surface area contributed by atoms with Crippen LogP contribution >= 0.6 is 23.2 Å². The van der Waals surface area contributed by atoms with Crippen LogP contribution in [0.3, 0.4) is 0 Å². The van der Waals surface area contributed by atoms with Crippen LogP contribution in [0.5, 0.6) is 0 Å². The summed E-state index contributed by atoms with van der Waals surface area (Å²) in [7, 11) is 0. The Morgan fingerprint density at radius 3 is 2.09 bits per heavy atom. The SMILES string of the molecule is O=C(Nc1ccc(Cl)cc1Cl)NC(Cc1ccccc1)C(=O)N1CCN(Cc2ccccc2)CC1. The maximum Gasteiger partial charge on any atom is 0.319 e. The average molecular weight is 511 g/mol. The molecule has 1 heterocycles. The van der Waals surface area contributed by atoms with Crippen molar-refractivity contribution in [2.24, 2.45) is 0 Å². The summed E-state index contributed by atoms with van der Waals surface area (Å²) in [5, 5.41) is 6.39. The molecule has 0 saturated carbocycles. The molecule has 8 heteroatoms. The number of rotatable bonds is 7. The zero-order chi connectivity index (χ0) is 24.6. The molecule has 35 heavy (non-hydrogen) atoms. The van der Waals surface area contributed by atoms with E-state index in [0.717, 1.165) is 25.2 Å². The highest BCUT2D eigenvalue weighted by molar-refractivity contribution is 6.36. The number of carbonyl (C=O) groups excluding carboxylic acids is 2. The number of hydrogen-bond acceptors (Lipinski definition) is 3. The monoisotopic (exact) mass is 510 g/mol. The van der Waals surface area contributed by atoms with Gasteiger partial charge in [-0.25, -0.2) is 4.79 Å². The van der Waals surface area contributed by atoms with Gasteiger partial charge in [0.05, 0.1) is 10.7 Å². The molecule has 1 atom stereocenters. The van der Waals surface area contributed by atoms with Crippen molar-refractivity contribution in [2.45, 2.75) is 19.0 Å². The molecule has 4 rings (SSSR count). The summed E-state index contributed by atoms with van der Waals surface area (Å²) in [6.45, 7) is 3.65. The maximum atomic E-state index is 13.5. The zero-order valence-corrected chi connectivity index (χ0v) is 20.8. The number of hydrogen-bond donors (Lipinski definition) is 2. The minimum Gasteiger partial charge on any atom is -0.338 e. The lowest BCUT2D eigenvalue weighted by atomic mass is 10.0. The van der Waals surface area contributed by atoms with Gasteiger partial charge in [0.2, 0.25) is 5.91 Å². The summed E-state index contributed by atoms with van der Waals surface area (Å²) in [6.07, 6.45) is 0.395. The van der Waals surface area contributed by atoms with E-state index in [-0.39, 0.29) is 5.91 Å². The third kappa shape index (κ3) is 7.21. The molecule has 0 aliphatic carbocycles. The molecule has 0 aromatic heterocycles. The smallest absolute Gasteiger partial charge is 0.319 e. The number of halogens is 2. The third-order valence-electron chi connectivity index (χ3n) is 6.00. The van der Waals surface area contributed by atoms with Crippen molar-refractivity contribution in [2.75, 3.05) is 31.5 Å². The summed E-state index contributed by atoms with van der Waals surface area (Å²) in [5.74, 6) is -0.0921. The minimum absolute atomic E-state index is 0.0921. The van der Waals surface area contributed by atoms with Gasteiger partial charge >= 0.3 is 6.03 Å². The molecule has 182 valence electrons. The molecule has 1 saturated heterocycles. The van der Waals surface area contributed by atoms with Gasteiger partial charge in [-0.15, -0.1) is 0 Å². The first-order valence-corrected chi connectivity index (χ1v) is 12.3. The van der Waals surface area contributed by atoms with Crippen LogP contribution in [0.15, 0.2) is 78.9 Å². The largest absolute Gasteiger partial charge is 0.338 e. The van der Waals surface area contributed by atoms with Gasteiger partial charge in [-0.1, -0.05) is 83.9 Å². The molecular weight excluding hydrogens is 483 g/mol. The van der Waals surface area contributed by atoms with Crippen molar-refractivity contribution in [1.82, 2.24) is 15.1 Å². The fourth-order valence-electron chi connectivity index (χ4n) is 4.15. The van der Waals surface area contributed by atoms with E-state index in [1.54, 1.807) is 18.2 Å². The summed E-state index contributed by atoms with van der Waals surface area (Å²) in [4.78, 5) is 30.5. The lowest BCUT2D eigenvalue weighted by Crippen LogP contribution is -2.55. The van der Waals surface area contributed by atoms with Crippen molar-refractivity contribution in [3.8, 4) is 0 Å². The lowest BCUT2D eigenvalue weighted by Gasteiger charge is -2.36. The molecule has 3 aromatic carbocycles. The van der Waals surface area contributed by atoms with E-state index < -0.39 is 12.1 Å². The third-order valence-corrected chi connectivity index (χ3v) is 6.55. The second-order valence-electron chi connectivity index (χ2n) is 8.55. The molecule has 3 amide bonds. The fraction of sp³-hybridized carbons (Fsp3) is 0.259. The zero-order valence-electron chi connectivity index (χ0n) is 19.3. The Morgan fingerprint density at radius 2 is 1.46 bits per heavy atom. The summed E-state index contributed by atoms with van der Waals surface area (Å²) < 4.78 is 0. The summed E-state index contributed by atoms with van der Waals surface area (Å²) in [6, 6.07) is 23.6. The lowest BCUT2D eigenvalue weighted by molar-refractivity contribution is -0.135. The Bertz CT molecular complexity index is 1140. The predicted molar refractivity (Wildman–Crippen MR) is 141 cm³/mol. The van der Waals surface area contributed by atoms with Crippen LogP contribution in [-0.4, -0.2) is 54.0 Å². The van der Waals surface area contributed by atoms with E-state index in [1.165, 1.54) is 5.56 Å². The van der Waals surface area contributed by atoms with Crippen molar-refractivity contribution in [3.63, 3.8) is 0 Å². The van der Waals surface area contributed by atoms with Gasteiger partial charge in [0.1, 0.15) is 6.04 Å². The van der Waals surface area contributed by atoms with E-state index in [4.69, 9.17) is 23.2 Å². The van der Waals surface area contributed by atoms with Gasteiger partial charge in [0, 0.05) is 44.2 Å². The molecule has 0 radical (unpaired) electrons. The molecule has 1 fully saturated rings. The van der Waals surface area contributed by atoms with Crippen LogP contribution in [0.2, 0.25) is 10.0 Å². The fourth-order valence-corrected chi connectivity index (χ4v) is 4.60. The van der Waals surface area contributed by atoms with Crippen molar-refractivity contribution in [1.29, 1.82) is 0 Å². The van der Waals surface area contributed by atoms with E-state index in [0.29, 0.717) is 35.2 Å². The summed E-state index contributed by atoms with van der Waals surface area (Å²) in [5.41, 5.74) is 2.65. The number of anilines is 1. The van der Waals surface area contributed by atoms with Crippen LogP contribution in [0.25, 0.3) is 0 Å². The van der Waals surface area contributed by atoms with E-state index in [1.807, 2.05) is 53.4 Å². The summed E-state index contributed by atoms with van der Waals surface area (Å²) >= 11 is 12.1. The molecule has 0 spiro atoms. The molecule has 2 N–H and O–H groups in total. The molecule has 6 nitrogen and oxygen atoms in total. The van der Waals surface area contributed by atoms with E-state index >= 15 is 0 Å². The topological polar surface area (TPSA) is 64.7 Å². The van der Waals surface area contributed by atoms with Gasteiger partial charge in [0.25, 0.3) is 0 Å². The molecule has 0 bridgehead atoms. The number of benzene rings is 3. The Hall–Kier alpha value is -3.06. The standard InChI is InChI=1S/C27H28Cl2N4O2/c28-22-11-12-24(23(29)18-22)30-27(35)31-25(17-20-7-3-1-4-8-20)26(34)33-15-13-32(14-16-33)19-21-9-5-2-6-10-21/h1-12,18,25H,13-17,19H2,(H2,30,31,35). The highest BCUT2D eigenvalue weighted by atomic mass is 35.5. The number of piperazine rings is 1. The normalized spacial score (nSPS) is 14.9. The highest BCUT2D eigenvalue weighted by Crippen LogP contribution is 2.25. The van der Waals surface area contributed by atoms with Crippen LogP contribution in [0, 0.1) is 0 Å². The van der Waals surface area contributed by atoms with Crippen molar-refractivity contribution < 1.29 is 9.59 Å². The number of urea groups is 1. The molecule has 1 aliphatic rings. The number of nitrogens with one attached hydrogen (secondary N) is 2. The van der Waals surface area contributed by atoms with E-state index in [9.17, 15) is 9.59 Å². The Labute approximate surface area is 215 Å². The van der Waals surface area contributed by atoms with Gasteiger partial charge in [-0.2, -0.15) is 0 Å². The van der Waals surface area contributed by atoms with Crippen LogP contribution < -0.4 is 10.6 Å². The first-order chi connectivity index (χ1) is 17.0. The highest BCUT2D eigenvalue weighted by Gasteiger charge is 2.29. The molecular formula is C27H28Cl2N4O2. The molecule has 3 aromatic rings. The minimum atomic E-state index is -0.704. The van der Waals surface area contributed by atoms with Gasteiger partial charge in [0.15, 0.2) is 0 Å². The predicted octanol–water partition coefficient (Wildman–Crippen LogP) is 5.07. The van der Waals surface area contributed by atoms with Crippen LogP contribution in [0.4, 0.5) is 10.5 Å². The molecule has 1 unspecified atom stereocenters. The quantitative estimate of drug-likeness (QED) is 0.466. The Kier molecular flexibility index (Phi) is 8.64. The second-order valence-corrected chi connectivity index (χ2v) is 9.40. The Morgan fingerprint density at radius 1 is 0.829 bits per heavy atom. The van der Waals surface area contributed by atoms with Gasteiger partial charge in [-0.3, -0.25) is 9.69 Å². The number of nitrogens with zero attached hydrogens (tertiary/aromatic N) is 2. The first-order valence-electron chi connectivity index (χ1n) is 11.6. The second kappa shape index (κ2) is 12.1. The number of carbonyl (C=O) groups is 2. The first kappa shape index (κ1) is 25.0. The average Bonchev–Trinajstić information content (AvgIpc) is 2.87. The van der Waals surface area contributed by atoms with Gasteiger partial charge < -0.3 is 15.5 Å². The van der Waals surface area contributed by atoms with Crippen molar-refractivity contribution in [3.05, 3.63) is 100 Å². The van der Waals surface area contributed by atoms with Crippen LogP contribution in [-0.2, 0) is 17.8 Å².